The molecule has 0 unspecified atom stereocenters. The van der Waals surface area contributed by atoms with E-state index in [4.69, 9.17) is 9.72 Å². The van der Waals surface area contributed by atoms with Crippen LogP contribution in [0.5, 0.6) is 0 Å². The van der Waals surface area contributed by atoms with Gasteiger partial charge in [0.2, 0.25) is 0 Å². The minimum Gasteiger partial charge on any atom is -0.376 e. The molecule has 1 aromatic heterocycles. The highest BCUT2D eigenvalue weighted by Crippen LogP contribution is 2.31. The molecular weight excluding hydrogens is 286 g/mol. The number of nitrogens with zero attached hydrogens (tertiary/aromatic N) is 2. The predicted molar refractivity (Wildman–Crippen MR) is 91.7 cm³/mol. The SMILES string of the molecule is CCCCc1nc(NC[C@H]2CCCO2)c(C#N)c2c1CCCC2. The molecule has 3 rings (SSSR count). The zero-order valence-electron chi connectivity index (χ0n) is 14.2. The molecule has 23 heavy (non-hydrogen) atoms. The quantitative estimate of drug-likeness (QED) is 0.868. The van der Waals surface area contributed by atoms with Gasteiger partial charge in [-0.1, -0.05) is 13.3 Å². The fourth-order valence-corrected chi connectivity index (χ4v) is 3.72. The molecule has 2 aliphatic rings. The van der Waals surface area contributed by atoms with E-state index in [2.05, 4.69) is 18.3 Å². The number of nitriles is 1. The van der Waals surface area contributed by atoms with Gasteiger partial charge in [0.1, 0.15) is 11.9 Å². The smallest absolute Gasteiger partial charge is 0.144 e. The largest absolute Gasteiger partial charge is 0.376 e. The van der Waals surface area contributed by atoms with Gasteiger partial charge >= 0.3 is 0 Å². The maximum Gasteiger partial charge on any atom is 0.144 e. The number of ether oxygens (including phenoxy) is 1. The summed E-state index contributed by atoms with van der Waals surface area (Å²) < 4.78 is 5.68. The fraction of sp³-hybridized carbons (Fsp3) is 0.684. The van der Waals surface area contributed by atoms with Crippen LogP contribution in [0, 0.1) is 11.3 Å². The molecule has 1 aliphatic heterocycles. The van der Waals surface area contributed by atoms with Crippen LogP contribution in [0.1, 0.15) is 67.8 Å². The van der Waals surface area contributed by atoms with Crippen molar-refractivity contribution in [2.24, 2.45) is 0 Å². The first-order chi connectivity index (χ1) is 11.3. The summed E-state index contributed by atoms with van der Waals surface area (Å²) in [6.45, 7) is 3.83. The predicted octanol–water partition coefficient (Wildman–Crippen LogP) is 3.77. The lowest BCUT2D eigenvalue weighted by molar-refractivity contribution is 0.120. The van der Waals surface area contributed by atoms with Gasteiger partial charge in [-0.3, -0.25) is 0 Å². The second-order valence-corrected chi connectivity index (χ2v) is 6.68. The third-order valence-corrected chi connectivity index (χ3v) is 5.00. The van der Waals surface area contributed by atoms with E-state index in [-0.39, 0.29) is 6.10 Å². The number of fused-ring (bicyclic) bond motifs is 1. The summed E-state index contributed by atoms with van der Waals surface area (Å²) in [5, 5.41) is 13.1. The van der Waals surface area contributed by atoms with Gasteiger partial charge < -0.3 is 10.1 Å². The monoisotopic (exact) mass is 313 g/mol. The first kappa shape index (κ1) is 16.3. The summed E-state index contributed by atoms with van der Waals surface area (Å²) in [6.07, 6.45) is 10.4. The van der Waals surface area contributed by atoms with Crippen LogP contribution in [-0.4, -0.2) is 24.2 Å². The van der Waals surface area contributed by atoms with Crippen LogP contribution >= 0.6 is 0 Å². The summed E-state index contributed by atoms with van der Waals surface area (Å²) in [5.41, 5.74) is 4.62. The molecule has 1 aliphatic carbocycles. The maximum atomic E-state index is 9.67. The van der Waals surface area contributed by atoms with Crippen molar-refractivity contribution in [3.8, 4) is 6.07 Å². The van der Waals surface area contributed by atoms with E-state index in [1.807, 2.05) is 0 Å². The zero-order chi connectivity index (χ0) is 16.1. The second kappa shape index (κ2) is 7.79. The Hall–Kier alpha value is -1.60. The Balaban J connectivity index is 1.88. The fourth-order valence-electron chi connectivity index (χ4n) is 3.72. The number of unbranched alkanes of at least 4 members (excludes halogenated alkanes) is 1. The van der Waals surface area contributed by atoms with Gasteiger partial charge in [0, 0.05) is 18.8 Å². The maximum absolute atomic E-state index is 9.67. The summed E-state index contributed by atoms with van der Waals surface area (Å²) in [5.74, 6) is 0.787. The zero-order valence-corrected chi connectivity index (χ0v) is 14.2. The van der Waals surface area contributed by atoms with E-state index < -0.39 is 0 Å². The van der Waals surface area contributed by atoms with E-state index in [1.54, 1.807) is 0 Å². The van der Waals surface area contributed by atoms with E-state index in [0.717, 1.165) is 63.1 Å². The molecule has 1 saturated heterocycles. The number of anilines is 1. The van der Waals surface area contributed by atoms with Crippen LogP contribution in [0.3, 0.4) is 0 Å². The third-order valence-electron chi connectivity index (χ3n) is 5.00. The van der Waals surface area contributed by atoms with E-state index >= 15 is 0 Å². The highest BCUT2D eigenvalue weighted by molar-refractivity contribution is 5.60. The van der Waals surface area contributed by atoms with E-state index in [0.29, 0.717) is 0 Å². The molecule has 0 saturated carbocycles. The lowest BCUT2D eigenvalue weighted by Gasteiger charge is -2.23. The molecule has 0 spiro atoms. The lowest BCUT2D eigenvalue weighted by atomic mass is 9.86. The molecule has 1 N–H and O–H groups in total. The molecule has 4 nitrogen and oxygen atoms in total. The van der Waals surface area contributed by atoms with Gasteiger partial charge in [0.05, 0.1) is 11.7 Å². The Morgan fingerprint density at radius 2 is 2.09 bits per heavy atom. The van der Waals surface area contributed by atoms with Gasteiger partial charge in [-0.15, -0.1) is 0 Å². The van der Waals surface area contributed by atoms with Crippen LogP contribution in [0.25, 0.3) is 0 Å². The van der Waals surface area contributed by atoms with Crippen LogP contribution in [0.4, 0.5) is 5.82 Å². The number of hydrogen-bond acceptors (Lipinski definition) is 4. The molecular formula is C19H27N3O. The highest BCUT2D eigenvalue weighted by Gasteiger charge is 2.23. The molecule has 2 heterocycles. The topological polar surface area (TPSA) is 57.9 Å². The Kier molecular flexibility index (Phi) is 5.51. The summed E-state index contributed by atoms with van der Waals surface area (Å²) in [4.78, 5) is 4.87. The van der Waals surface area contributed by atoms with Gasteiger partial charge in [0.15, 0.2) is 0 Å². The Bertz CT molecular complexity index is 585. The number of nitrogens with one attached hydrogen (secondary N) is 1. The van der Waals surface area contributed by atoms with Crippen molar-refractivity contribution in [1.82, 2.24) is 4.98 Å². The lowest BCUT2D eigenvalue weighted by Crippen LogP contribution is -2.21. The standard InChI is InChI=1S/C19H27N3O/c1-2-3-10-18-16-9-5-4-8-15(16)17(12-20)19(22-18)21-13-14-7-6-11-23-14/h14H,2-11,13H2,1H3,(H,21,22)/t14-/m1/s1. The number of rotatable bonds is 6. The number of aryl methyl sites for hydroxylation is 1. The van der Waals surface area contributed by atoms with Crippen molar-refractivity contribution >= 4 is 5.82 Å². The van der Waals surface area contributed by atoms with Gasteiger partial charge in [-0.25, -0.2) is 4.98 Å². The van der Waals surface area contributed by atoms with Crippen LogP contribution in [0.15, 0.2) is 0 Å². The Labute approximate surface area is 139 Å². The van der Waals surface area contributed by atoms with Gasteiger partial charge in [-0.05, 0) is 62.5 Å². The molecule has 0 aromatic carbocycles. The third kappa shape index (κ3) is 3.67. The minimum absolute atomic E-state index is 0.262. The number of pyridine rings is 1. The molecule has 0 amide bonds. The van der Waals surface area contributed by atoms with Crippen molar-refractivity contribution in [3.63, 3.8) is 0 Å². The van der Waals surface area contributed by atoms with E-state index in [1.165, 1.54) is 36.1 Å². The van der Waals surface area contributed by atoms with Crippen molar-refractivity contribution in [2.45, 2.75) is 70.8 Å². The number of hydrogen-bond donors (Lipinski definition) is 1. The molecule has 1 fully saturated rings. The molecule has 0 bridgehead atoms. The van der Waals surface area contributed by atoms with Crippen LogP contribution in [-0.2, 0) is 24.0 Å². The highest BCUT2D eigenvalue weighted by atomic mass is 16.5. The van der Waals surface area contributed by atoms with Gasteiger partial charge in [-0.2, -0.15) is 5.26 Å². The first-order valence-electron chi connectivity index (χ1n) is 9.13. The van der Waals surface area contributed by atoms with E-state index in [9.17, 15) is 5.26 Å². The average molecular weight is 313 g/mol. The Morgan fingerprint density at radius 1 is 1.26 bits per heavy atom. The van der Waals surface area contributed by atoms with Crippen molar-refractivity contribution in [3.05, 3.63) is 22.4 Å². The molecule has 1 aromatic rings. The molecule has 4 heteroatoms. The van der Waals surface area contributed by atoms with Crippen LogP contribution in [0.2, 0.25) is 0 Å². The Morgan fingerprint density at radius 3 is 2.78 bits per heavy atom. The van der Waals surface area contributed by atoms with Crippen molar-refractivity contribution in [1.29, 1.82) is 5.26 Å². The molecule has 1 atom stereocenters. The second-order valence-electron chi connectivity index (χ2n) is 6.68. The summed E-state index contributed by atoms with van der Waals surface area (Å²) in [6, 6.07) is 2.42. The first-order valence-corrected chi connectivity index (χ1v) is 9.13. The minimum atomic E-state index is 0.262. The summed E-state index contributed by atoms with van der Waals surface area (Å²) >= 11 is 0. The average Bonchev–Trinajstić information content (AvgIpc) is 3.11. The molecule has 124 valence electrons. The molecule has 0 radical (unpaired) electrons. The van der Waals surface area contributed by atoms with Crippen LogP contribution < -0.4 is 5.32 Å². The van der Waals surface area contributed by atoms with Crippen molar-refractivity contribution in [2.75, 3.05) is 18.5 Å². The van der Waals surface area contributed by atoms with Gasteiger partial charge in [0.25, 0.3) is 0 Å². The van der Waals surface area contributed by atoms with Crippen molar-refractivity contribution < 1.29 is 4.74 Å². The summed E-state index contributed by atoms with van der Waals surface area (Å²) in [7, 11) is 0. The number of aromatic nitrogens is 1. The normalized spacial score (nSPS) is 20.1.